The number of para-hydroxylation sites is 1. The third kappa shape index (κ3) is 1.92. The van der Waals surface area contributed by atoms with Gasteiger partial charge in [0.1, 0.15) is 0 Å². The first kappa shape index (κ1) is 9.57. The Hall–Kier alpha value is -0.980. The highest BCUT2D eigenvalue weighted by Crippen LogP contribution is 2.24. The van der Waals surface area contributed by atoms with E-state index in [0.29, 0.717) is 0 Å². The Morgan fingerprint density at radius 3 is 2.86 bits per heavy atom. The van der Waals surface area contributed by atoms with Gasteiger partial charge in [0, 0.05) is 18.8 Å². The Labute approximate surface area is 86.7 Å². The van der Waals surface area contributed by atoms with E-state index >= 15 is 0 Å². The van der Waals surface area contributed by atoms with Gasteiger partial charge in [0.15, 0.2) is 0 Å². The molecule has 0 spiro atoms. The van der Waals surface area contributed by atoms with E-state index in [1.54, 1.807) is 0 Å². The molecule has 2 rings (SSSR count). The number of benzene rings is 1. The lowest BCUT2D eigenvalue weighted by Crippen LogP contribution is -2.26. The van der Waals surface area contributed by atoms with Crippen LogP contribution in [0, 0.1) is 0 Å². The summed E-state index contributed by atoms with van der Waals surface area (Å²) in [7, 11) is 0. The fourth-order valence-electron chi connectivity index (χ4n) is 2.27. The predicted molar refractivity (Wildman–Crippen MR) is 61.9 cm³/mol. The molecule has 1 heteroatoms. The monoisotopic (exact) mass is 189 g/mol. The molecule has 1 aromatic rings. The van der Waals surface area contributed by atoms with Gasteiger partial charge >= 0.3 is 0 Å². The largest absolute Gasteiger partial charge is 0.372 e. The number of hydrogen-bond acceptors (Lipinski definition) is 1. The number of nitrogens with zero attached hydrogens (tertiary/aromatic N) is 1. The lowest BCUT2D eigenvalue weighted by atomic mass is 10.0. The molecule has 0 radical (unpaired) electrons. The molecule has 0 atom stereocenters. The van der Waals surface area contributed by atoms with Crippen molar-refractivity contribution >= 4 is 5.69 Å². The summed E-state index contributed by atoms with van der Waals surface area (Å²) < 4.78 is 0. The zero-order valence-corrected chi connectivity index (χ0v) is 9.00. The molecular formula is C13H19N. The standard InChI is InChI=1S/C13H19N/c1-2-14-11-7-3-4-8-12-9-5-6-10-13(12)14/h5-6,9-10H,2-4,7-8,11H2,1H3. The summed E-state index contributed by atoms with van der Waals surface area (Å²) in [4.78, 5) is 2.51. The summed E-state index contributed by atoms with van der Waals surface area (Å²) in [5.74, 6) is 0. The van der Waals surface area contributed by atoms with Crippen LogP contribution in [0.4, 0.5) is 5.69 Å². The van der Waals surface area contributed by atoms with Crippen molar-refractivity contribution in [2.45, 2.75) is 32.6 Å². The van der Waals surface area contributed by atoms with Crippen molar-refractivity contribution in [2.75, 3.05) is 18.0 Å². The highest BCUT2D eigenvalue weighted by Gasteiger charge is 2.11. The van der Waals surface area contributed by atoms with Crippen molar-refractivity contribution in [3.05, 3.63) is 29.8 Å². The zero-order valence-electron chi connectivity index (χ0n) is 9.00. The predicted octanol–water partition coefficient (Wildman–Crippen LogP) is 3.24. The Morgan fingerprint density at radius 1 is 1.14 bits per heavy atom. The molecule has 1 nitrogen and oxygen atoms in total. The van der Waals surface area contributed by atoms with Gasteiger partial charge in [-0.25, -0.2) is 0 Å². The minimum Gasteiger partial charge on any atom is -0.372 e. The van der Waals surface area contributed by atoms with Crippen molar-refractivity contribution in [1.82, 2.24) is 0 Å². The van der Waals surface area contributed by atoms with Crippen LogP contribution in [-0.4, -0.2) is 13.1 Å². The number of rotatable bonds is 1. The normalized spacial score (nSPS) is 17.1. The number of fused-ring (bicyclic) bond motifs is 1. The van der Waals surface area contributed by atoms with Crippen LogP contribution in [-0.2, 0) is 6.42 Å². The van der Waals surface area contributed by atoms with E-state index < -0.39 is 0 Å². The molecule has 14 heavy (non-hydrogen) atoms. The summed E-state index contributed by atoms with van der Waals surface area (Å²) in [5, 5.41) is 0. The molecule has 0 aromatic heterocycles. The van der Waals surface area contributed by atoms with Crippen LogP contribution in [0.15, 0.2) is 24.3 Å². The van der Waals surface area contributed by atoms with Crippen LogP contribution in [0.3, 0.4) is 0 Å². The third-order valence-electron chi connectivity index (χ3n) is 3.09. The Bertz CT molecular complexity index is 293. The second-order valence-electron chi connectivity index (χ2n) is 4.02. The van der Waals surface area contributed by atoms with Crippen molar-refractivity contribution in [3.8, 4) is 0 Å². The first-order valence-corrected chi connectivity index (χ1v) is 5.74. The SMILES string of the molecule is CCN1CCCCCc2ccccc21. The molecule has 0 N–H and O–H groups in total. The average Bonchev–Trinajstić information content (AvgIpc) is 2.20. The van der Waals surface area contributed by atoms with E-state index in [1.165, 1.54) is 43.5 Å². The second kappa shape index (κ2) is 4.50. The van der Waals surface area contributed by atoms with Crippen LogP contribution >= 0.6 is 0 Å². The minimum absolute atomic E-state index is 1.14. The second-order valence-corrected chi connectivity index (χ2v) is 4.02. The van der Waals surface area contributed by atoms with Gasteiger partial charge in [0.25, 0.3) is 0 Å². The van der Waals surface area contributed by atoms with Gasteiger partial charge in [-0.15, -0.1) is 0 Å². The third-order valence-corrected chi connectivity index (χ3v) is 3.09. The zero-order chi connectivity index (χ0) is 9.80. The Morgan fingerprint density at radius 2 is 2.00 bits per heavy atom. The summed E-state index contributed by atoms with van der Waals surface area (Å²) in [5.41, 5.74) is 3.00. The maximum absolute atomic E-state index is 2.51. The summed E-state index contributed by atoms with van der Waals surface area (Å²) in [6.45, 7) is 4.61. The van der Waals surface area contributed by atoms with E-state index in [-0.39, 0.29) is 0 Å². The van der Waals surface area contributed by atoms with Crippen molar-refractivity contribution in [1.29, 1.82) is 0 Å². The molecule has 0 unspecified atom stereocenters. The molecule has 0 saturated heterocycles. The summed E-state index contributed by atoms with van der Waals surface area (Å²) in [6.07, 6.45) is 5.34. The van der Waals surface area contributed by atoms with Gasteiger partial charge in [-0.1, -0.05) is 24.6 Å². The van der Waals surface area contributed by atoms with Crippen LogP contribution in [0.2, 0.25) is 0 Å². The molecule has 1 heterocycles. The molecule has 1 aromatic carbocycles. The van der Waals surface area contributed by atoms with Gasteiger partial charge < -0.3 is 4.90 Å². The number of hydrogen-bond donors (Lipinski definition) is 0. The van der Waals surface area contributed by atoms with Crippen LogP contribution < -0.4 is 4.90 Å². The molecule has 1 aliphatic heterocycles. The molecular weight excluding hydrogens is 170 g/mol. The van der Waals surface area contributed by atoms with E-state index in [4.69, 9.17) is 0 Å². The van der Waals surface area contributed by atoms with Crippen LogP contribution in [0.25, 0.3) is 0 Å². The van der Waals surface area contributed by atoms with Crippen molar-refractivity contribution in [2.24, 2.45) is 0 Å². The lowest BCUT2D eigenvalue weighted by Gasteiger charge is -2.27. The van der Waals surface area contributed by atoms with Gasteiger partial charge in [0.2, 0.25) is 0 Å². The highest BCUT2D eigenvalue weighted by molar-refractivity contribution is 5.53. The maximum Gasteiger partial charge on any atom is 0.0398 e. The summed E-state index contributed by atoms with van der Waals surface area (Å²) in [6, 6.07) is 8.87. The first-order chi connectivity index (χ1) is 6.92. The Balaban J connectivity index is 2.31. The Kier molecular flexibility index (Phi) is 3.07. The quantitative estimate of drug-likeness (QED) is 0.655. The molecule has 0 aliphatic carbocycles. The van der Waals surface area contributed by atoms with E-state index in [1.807, 2.05) is 0 Å². The smallest absolute Gasteiger partial charge is 0.0398 e. The number of aryl methyl sites for hydroxylation is 1. The summed E-state index contributed by atoms with van der Waals surface area (Å²) >= 11 is 0. The molecule has 0 amide bonds. The fraction of sp³-hybridized carbons (Fsp3) is 0.538. The molecule has 0 bridgehead atoms. The van der Waals surface area contributed by atoms with Gasteiger partial charge in [-0.3, -0.25) is 0 Å². The first-order valence-electron chi connectivity index (χ1n) is 5.74. The van der Waals surface area contributed by atoms with E-state index in [9.17, 15) is 0 Å². The topological polar surface area (TPSA) is 3.24 Å². The molecule has 76 valence electrons. The fourth-order valence-corrected chi connectivity index (χ4v) is 2.27. The van der Waals surface area contributed by atoms with E-state index in [2.05, 4.69) is 36.1 Å². The molecule has 0 fully saturated rings. The molecule has 0 saturated carbocycles. The van der Waals surface area contributed by atoms with Crippen molar-refractivity contribution < 1.29 is 0 Å². The number of anilines is 1. The van der Waals surface area contributed by atoms with Gasteiger partial charge in [0.05, 0.1) is 0 Å². The maximum atomic E-state index is 2.51. The van der Waals surface area contributed by atoms with E-state index in [0.717, 1.165) is 6.54 Å². The van der Waals surface area contributed by atoms with Gasteiger partial charge in [-0.05, 0) is 37.8 Å². The molecule has 1 aliphatic rings. The van der Waals surface area contributed by atoms with Gasteiger partial charge in [-0.2, -0.15) is 0 Å². The van der Waals surface area contributed by atoms with Crippen LogP contribution in [0.1, 0.15) is 31.7 Å². The minimum atomic E-state index is 1.14. The highest BCUT2D eigenvalue weighted by atomic mass is 15.1. The van der Waals surface area contributed by atoms with Crippen molar-refractivity contribution in [3.63, 3.8) is 0 Å². The lowest BCUT2D eigenvalue weighted by molar-refractivity contribution is 0.638. The average molecular weight is 189 g/mol. The van der Waals surface area contributed by atoms with Crippen LogP contribution in [0.5, 0.6) is 0 Å².